The Kier molecular flexibility index (Phi) is 2.12. The van der Waals surface area contributed by atoms with Gasteiger partial charge in [0.25, 0.3) is 0 Å². The molecule has 1 fully saturated rings. The van der Waals surface area contributed by atoms with Crippen LogP contribution in [0.1, 0.15) is 6.92 Å². The molecule has 1 aliphatic heterocycles. The summed E-state index contributed by atoms with van der Waals surface area (Å²) in [5, 5.41) is 0. The van der Waals surface area contributed by atoms with Crippen LogP contribution in [0.4, 0.5) is 0 Å². The van der Waals surface area contributed by atoms with Crippen molar-refractivity contribution in [2.45, 2.75) is 6.92 Å². The Morgan fingerprint density at radius 3 is 3.00 bits per heavy atom. The molecular formula is C5H9IN-. The second kappa shape index (κ2) is 2.67. The van der Waals surface area contributed by atoms with Crippen LogP contribution in [0.15, 0.2) is 12.2 Å². The van der Waals surface area contributed by atoms with Crippen LogP contribution < -0.4 is 21.5 Å². The minimum absolute atomic E-state index is 0.544. The first-order chi connectivity index (χ1) is 3.43. The summed E-state index contributed by atoms with van der Waals surface area (Å²) in [5.74, 6) is 0. The predicted molar refractivity (Wildman–Crippen MR) is 26.4 cm³/mol. The van der Waals surface area contributed by atoms with E-state index in [4.69, 9.17) is 0 Å². The minimum atomic E-state index is 0.544. The van der Waals surface area contributed by atoms with Gasteiger partial charge in [-0.2, -0.15) is 0 Å². The van der Waals surface area contributed by atoms with Crippen LogP contribution in [0.3, 0.4) is 0 Å². The summed E-state index contributed by atoms with van der Waals surface area (Å²) >= 11 is 0.544. The first-order valence-corrected chi connectivity index (χ1v) is 4.88. The fraction of sp³-hybridized carbons (Fsp3) is 0.600. The average Bonchev–Trinajstić information content (AvgIpc) is 2.42. The van der Waals surface area contributed by atoms with Crippen LogP contribution >= 0.6 is 0 Å². The molecule has 0 aromatic carbocycles. The Morgan fingerprint density at radius 1 is 1.86 bits per heavy atom. The van der Waals surface area contributed by atoms with Gasteiger partial charge in [-0.25, -0.2) is 0 Å². The number of nitrogens with zero attached hydrogens (tertiary/aromatic N) is 1. The summed E-state index contributed by atoms with van der Waals surface area (Å²) in [5.41, 5.74) is 0. The van der Waals surface area contributed by atoms with E-state index >= 15 is 0 Å². The van der Waals surface area contributed by atoms with Gasteiger partial charge in [-0.3, -0.25) is 0 Å². The van der Waals surface area contributed by atoms with E-state index in [1.807, 2.05) is 0 Å². The van der Waals surface area contributed by atoms with E-state index < -0.39 is 0 Å². The zero-order chi connectivity index (χ0) is 5.11. The number of halogens is 1. The second-order valence-electron chi connectivity index (χ2n) is 1.45. The molecule has 42 valence electrons. The van der Waals surface area contributed by atoms with Gasteiger partial charge in [0.1, 0.15) is 0 Å². The summed E-state index contributed by atoms with van der Waals surface area (Å²) in [4.78, 5) is 0. The third-order valence-corrected chi connectivity index (χ3v) is 2.87. The normalized spacial score (nSPS) is 30.1. The average molecular weight is 210 g/mol. The Morgan fingerprint density at radius 2 is 2.57 bits per heavy atom. The van der Waals surface area contributed by atoms with Gasteiger partial charge in [0.2, 0.25) is 0 Å². The van der Waals surface area contributed by atoms with Crippen molar-refractivity contribution in [2.75, 3.05) is 11.1 Å². The zero-order valence-electron chi connectivity index (χ0n) is 4.39. The number of allylic oxidation sites excluding steroid dienone is 1. The van der Waals surface area contributed by atoms with E-state index in [9.17, 15) is 0 Å². The molecule has 2 heteroatoms. The number of hydrogen-bond donors (Lipinski definition) is 0. The van der Waals surface area contributed by atoms with Crippen LogP contribution in [-0.4, -0.2) is 14.2 Å². The van der Waals surface area contributed by atoms with Gasteiger partial charge in [-0.05, 0) is 0 Å². The third kappa shape index (κ3) is 2.29. The maximum atomic E-state index is 2.48. The zero-order valence-corrected chi connectivity index (χ0v) is 6.55. The fourth-order valence-electron chi connectivity index (χ4n) is 0.355. The van der Waals surface area contributed by atoms with Crippen LogP contribution in [0, 0.1) is 0 Å². The Labute approximate surface area is 55.0 Å². The summed E-state index contributed by atoms with van der Waals surface area (Å²) in [6.07, 6.45) is 4.33. The molecule has 0 aliphatic carbocycles. The van der Waals surface area contributed by atoms with Gasteiger partial charge in [0, 0.05) is 0 Å². The Balaban J connectivity index is 1.98. The van der Waals surface area contributed by atoms with Gasteiger partial charge in [-0.15, -0.1) is 0 Å². The van der Waals surface area contributed by atoms with E-state index in [-0.39, 0.29) is 0 Å². The van der Waals surface area contributed by atoms with Crippen molar-refractivity contribution >= 4 is 0 Å². The van der Waals surface area contributed by atoms with Crippen molar-refractivity contribution in [3.05, 3.63) is 12.2 Å². The van der Waals surface area contributed by atoms with Crippen molar-refractivity contribution in [1.82, 2.24) is 3.11 Å². The van der Waals surface area contributed by atoms with Crippen LogP contribution in [0.2, 0.25) is 0 Å². The summed E-state index contributed by atoms with van der Waals surface area (Å²) in [6, 6.07) is 0. The molecule has 0 radical (unpaired) electrons. The van der Waals surface area contributed by atoms with Crippen LogP contribution in [0.5, 0.6) is 0 Å². The molecular weight excluding hydrogens is 201 g/mol. The monoisotopic (exact) mass is 210 g/mol. The van der Waals surface area contributed by atoms with Crippen molar-refractivity contribution in [3.8, 4) is 0 Å². The molecule has 0 amide bonds. The van der Waals surface area contributed by atoms with E-state index in [1.54, 1.807) is 0 Å². The van der Waals surface area contributed by atoms with Crippen LogP contribution in [0.25, 0.3) is 0 Å². The van der Waals surface area contributed by atoms with E-state index in [0.717, 1.165) is 0 Å². The summed E-state index contributed by atoms with van der Waals surface area (Å²) in [6.45, 7) is 3.28. The van der Waals surface area contributed by atoms with Gasteiger partial charge in [0.05, 0.1) is 0 Å². The second-order valence-corrected chi connectivity index (χ2v) is 4.18. The van der Waals surface area contributed by atoms with Gasteiger partial charge < -0.3 is 0 Å². The van der Waals surface area contributed by atoms with E-state index in [1.165, 1.54) is 11.1 Å². The molecule has 0 aromatic rings. The predicted octanol–water partition coefficient (Wildman–Crippen LogP) is -2.16. The number of hydrogen-bond acceptors (Lipinski definition) is 1. The van der Waals surface area contributed by atoms with Gasteiger partial charge >= 0.3 is 54.8 Å². The van der Waals surface area contributed by atoms with Crippen molar-refractivity contribution in [1.29, 1.82) is 0 Å². The van der Waals surface area contributed by atoms with E-state index in [0.29, 0.717) is 21.5 Å². The molecule has 0 saturated carbocycles. The van der Waals surface area contributed by atoms with Crippen molar-refractivity contribution in [2.24, 2.45) is 0 Å². The first kappa shape index (κ1) is 5.56. The maximum absolute atomic E-state index is 2.48. The number of alkyl halides is 1. The molecule has 1 rings (SSSR count). The van der Waals surface area contributed by atoms with Crippen molar-refractivity contribution in [3.63, 3.8) is 0 Å². The molecule has 1 atom stereocenters. The topological polar surface area (TPSA) is 3.01 Å². The van der Waals surface area contributed by atoms with Gasteiger partial charge in [0.15, 0.2) is 0 Å². The third-order valence-electron chi connectivity index (χ3n) is 0.828. The molecule has 1 nitrogen and oxygen atoms in total. The number of rotatable bonds is 2. The molecule has 1 saturated heterocycles. The first-order valence-electron chi connectivity index (χ1n) is 2.39. The van der Waals surface area contributed by atoms with Gasteiger partial charge in [-0.1, -0.05) is 0 Å². The fourth-order valence-corrected chi connectivity index (χ4v) is 1.36. The molecule has 1 unspecified atom stereocenters. The Bertz CT molecular complexity index is 76.1. The Hall–Kier alpha value is 0.430. The molecule has 7 heavy (non-hydrogen) atoms. The standard InChI is InChI=1S/C5H9IN/c1-2-3-4-7-5-6-7/h2-3H,4-5H2,1H3/q-1/b3-2+. The SMILES string of the molecule is C/C=C/CN1C[I-]1. The summed E-state index contributed by atoms with van der Waals surface area (Å²) in [7, 11) is 0. The molecule has 1 heterocycles. The van der Waals surface area contributed by atoms with Crippen LogP contribution in [-0.2, 0) is 0 Å². The molecule has 1 aliphatic rings. The molecule has 0 bridgehead atoms. The van der Waals surface area contributed by atoms with Crippen molar-refractivity contribution < 1.29 is 21.5 Å². The van der Waals surface area contributed by atoms with E-state index in [2.05, 4.69) is 22.2 Å². The molecule has 0 spiro atoms. The summed E-state index contributed by atoms with van der Waals surface area (Å²) < 4.78 is 3.90. The molecule has 0 N–H and O–H groups in total. The molecule has 0 aromatic heterocycles. The quantitative estimate of drug-likeness (QED) is 0.125.